The first-order chi connectivity index (χ1) is 17.2. The molecule has 2 saturated heterocycles. The molecule has 2 fully saturated rings. The number of aromatic nitrogens is 2. The minimum absolute atomic E-state index is 0.0128. The van der Waals surface area contributed by atoms with Crippen molar-refractivity contribution in [1.82, 2.24) is 19.6 Å². The van der Waals surface area contributed by atoms with Gasteiger partial charge in [0, 0.05) is 43.0 Å². The van der Waals surface area contributed by atoms with E-state index < -0.39 is 23.4 Å². The van der Waals surface area contributed by atoms with Gasteiger partial charge in [0.1, 0.15) is 12.4 Å². The number of likely N-dealkylation sites (tertiary alicyclic amines) is 1. The number of nitrogens with zero attached hydrogens (tertiary/aromatic N) is 4. The van der Waals surface area contributed by atoms with E-state index in [1.807, 2.05) is 13.8 Å². The Bertz CT molecular complexity index is 1170. The van der Waals surface area contributed by atoms with Crippen LogP contribution in [-0.4, -0.2) is 69.8 Å². The molecule has 0 spiro atoms. The standard InChI is InChI=1S/C26H31F3N4O3/c1-15-12-32(13-16(2)36-15)26(35)25-18-4-3-5-21(18)33(30-25)14-22(34)31-10-8-17(9-11-31)23-19(27)6-7-20(28)24(23)29/h6-7,15-17H,3-5,8-14H2,1-2H3/t15-,16+. The molecule has 0 bridgehead atoms. The lowest BCUT2D eigenvalue weighted by molar-refractivity contribution is -0.133. The molecule has 10 heteroatoms. The summed E-state index contributed by atoms with van der Waals surface area (Å²) in [5.41, 5.74) is 2.05. The fraction of sp³-hybridized carbons (Fsp3) is 0.577. The van der Waals surface area contributed by atoms with Gasteiger partial charge in [-0.1, -0.05) is 0 Å². The van der Waals surface area contributed by atoms with E-state index in [1.54, 1.807) is 14.5 Å². The van der Waals surface area contributed by atoms with Crippen LogP contribution in [0, 0.1) is 17.5 Å². The van der Waals surface area contributed by atoms with E-state index in [4.69, 9.17) is 4.74 Å². The summed E-state index contributed by atoms with van der Waals surface area (Å²) in [5.74, 6) is -3.73. The van der Waals surface area contributed by atoms with Gasteiger partial charge in [0.05, 0.1) is 12.2 Å². The van der Waals surface area contributed by atoms with Crippen LogP contribution in [0.4, 0.5) is 13.2 Å². The molecule has 2 atom stereocenters. The molecule has 2 aliphatic heterocycles. The summed E-state index contributed by atoms with van der Waals surface area (Å²) in [4.78, 5) is 29.9. The van der Waals surface area contributed by atoms with Gasteiger partial charge in [0.25, 0.3) is 5.91 Å². The second-order valence-corrected chi connectivity index (χ2v) is 10.2. The van der Waals surface area contributed by atoms with Crippen LogP contribution >= 0.6 is 0 Å². The van der Waals surface area contributed by atoms with Crippen LogP contribution in [0.25, 0.3) is 0 Å². The lowest BCUT2D eigenvalue weighted by Gasteiger charge is -2.35. The summed E-state index contributed by atoms with van der Waals surface area (Å²) in [5, 5.41) is 4.58. The van der Waals surface area contributed by atoms with Gasteiger partial charge in [0.15, 0.2) is 17.3 Å². The van der Waals surface area contributed by atoms with E-state index in [1.165, 1.54) is 0 Å². The van der Waals surface area contributed by atoms with Crippen molar-refractivity contribution in [3.8, 4) is 0 Å². The molecule has 36 heavy (non-hydrogen) atoms. The molecule has 0 saturated carbocycles. The van der Waals surface area contributed by atoms with Crippen molar-refractivity contribution in [2.24, 2.45) is 0 Å². The van der Waals surface area contributed by atoms with Crippen molar-refractivity contribution in [2.45, 2.75) is 70.6 Å². The maximum Gasteiger partial charge on any atom is 0.274 e. The Morgan fingerprint density at radius 1 is 1.00 bits per heavy atom. The van der Waals surface area contributed by atoms with Crippen LogP contribution in [0.5, 0.6) is 0 Å². The fourth-order valence-corrected chi connectivity index (χ4v) is 5.87. The van der Waals surface area contributed by atoms with E-state index in [9.17, 15) is 22.8 Å². The van der Waals surface area contributed by atoms with Crippen molar-refractivity contribution in [3.63, 3.8) is 0 Å². The van der Waals surface area contributed by atoms with Crippen LogP contribution in [0.3, 0.4) is 0 Å². The predicted molar refractivity (Wildman–Crippen MR) is 125 cm³/mol. The van der Waals surface area contributed by atoms with Gasteiger partial charge in [-0.2, -0.15) is 5.10 Å². The van der Waals surface area contributed by atoms with Crippen molar-refractivity contribution in [2.75, 3.05) is 26.2 Å². The molecular weight excluding hydrogens is 473 g/mol. The number of halogens is 3. The molecule has 3 heterocycles. The molecule has 7 nitrogen and oxygen atoms in total. The number of piperidine rings is 1. The normalized spacial score (nSPS) is 22.7. The Morgan fingerprint density at radius 2 is 1.67 bits per heavy atom. The van der Waals surface area contributed by atoms with E-state index >= 15 is 0 Å². The van der Waals surface area contributed by atoms with Crippen molar-refractivity contribution >= 4 is 11.8 Å². The number of morpholine rings is 1. The van der Waals surface area contributed by atoms with Gasteiger partial charge in [0.2, 0.25) is 5.91 Å². The Labute approximate surface area is 208 Å². The van der Waals surface area contributed by atoms with E-state index in [0.717, 1.165) is 42.7 Å². The lowest BCUT2D eigenvalue weighted by atomic mass is 9.88. The highest BCUT2D eigenvalue weighted by Crippen LogP contribution is 2.33. The zero-order chi connectivity index (χ0) is 25.6. The summed E-state index contributed by atoms with van der Waals surface area (Å²) in [7, 11) is 0. The summed E-state index contributed by atoms with van der Waals surface area (Å²) >= 11 is 0. The van der Waals surface area contributed by atoms with E-state index in [0.29, 0.717) is 44.7 Å². The van der Waals surface area contributed by atoms with Crippen molar-refractivity contribution in [3.05, 3.63) is 52.1 Å². The molecule has 0 radical (unpaired) electrons. The van der Waals surface area contributed by atoms with Crippen LogP contribution < -0.4 is 0 Å². The Hall–Kier alpha value is -2.88. The van der Waals surface area contributed by atoms with E-state index in [2.05, 4.69) is 5.10 Å². The quantitative estimate of drug-likeness (QED) is 0.599. The average Bonchev–Trinajstić information content (AvgIpc) is 3.45. The molecule has 2 aromatic rings. The zero-order valence-corrected chi connectivity index (χ0v) is 20.6. The number of ether oxygens (including phenoxy) is 1. The van der Waals surface area contributed by atoms with Gasteiger partial charge in [-0.25, -0.2) is 13.2 Å². The monoisotopic (exact) mass is 504 g/mol. The first-order valence-corrected chi connectivity index (χ1v) is 12.7. The molecule has 0 N–H and O–H groups in total. The minimum atomic E-state index is -1.15. The molecule has 1 aliphatic carbocycles. The Morgan fingerprint density at radius 3 is 2.36 bits per heavy atom. The Kier molecular flexibility index (Phi) is 6.80. The highest BCUT2D eigenvalue weighted by atomic mass is 19.2. The molecule has 2 amide bonds. The largest absolute Gasteiger partial charge is 0.372 e. The van der Waals surface area contributed by atoms with Crippen LogP contribution in [0.1, 0.15) is 66.3 Å². The third-order valence-electron chi connectivity index (χ3n) is 7.54. The molecular formula is C26H31F3N4O3. The first kappa shape index (κ1) is 24.8. The highest BCUT2D eigenvalue weighted by molar-refractivity contribution is 5.94. The second kappa shape index (κ2) is 9.88. The van der Waals surface area contributed by atoms with Crippen molar-refractivity contribution in [1.29, 1.82) is 0 Å². The van der Waals surface area contributed by atoms with Gasteiger partial charge in [-0.05, 0) is 64.0 Å². The number of rotatable bonds is 4. The number of amides is 2. The van der Waals surface area contributed by atoms with Crippen molar-refractivity contribution < 1.29 is 27.5 Å². The zero-order valence-electron chi connectivity index (χ0n) is 20.6. The van der Waals surface area contributed by atoms with Gasteiger partial charge >= 0.3 is 0 Å². The molecule has 194 valence electrons. The molecule has 3 aliphatic rings. The number of benzene rings is 1. The minimum Gasteiger partial charge on any atom is -0.372 e. The van der Waals surface area contributed by atoms with Gasteiger partial charge in [-0.15, -0.1) is 0 Å². The molecule has 0 unspecified atom stereocenters. The smallest absolute Gasteiger partial charge is 0.274 e. The van der Waals surface area contributed by atoms with Gasteiger partial charge < -0.3 is 14.5 Å². The van der Waals surface area contributed by atoms with Gasteiger partial charge in [-0.3, -0.25) is 14.3 Å². The lowest BCUT2D eigenvalue weighted by Crippen LogP contribution is -2.48. The summed E-state index contributed by atoms with van der Waals surface area (Å²) in [6, 6.07) is 1.73. The fourth-order valence-electron chi connectivity index (χ4n) is 5.87. The number of fused-ring (bicyclic) bond motifs is 1. The molecule has 5 rings (SSSR count). The van der Waals surface area contributed by atoms with Crippen LogP contribution in [0.15, 0.2) is 12.1 Å². The maximum absolute atomic E-state index is 14.2. The number of carbonyl (C=O) groups excluding carboxylic acids is 2. The van der Waals surface area contributed by atoms with E-state index in [-0.39, 0.29) is 36.1 Å². The second-order valence-electron chi connectivity index (χ2n) is 10.2. The topological polar surface area (TPSA) is 67.7 Å². The summed E-state index contributed by atoms with van der Waals surface area (Å²) in [6.45, 7) is 5.54. The highest BCUT2D eigenvalue weighted by Gasteiger charge is 2.34. The maximum atomic E-state index is 14.2. The number of carbonyl (C=O) groups is 2. The predicted octanol–water partition coefficient (Wildman–Crippen LogP) is 3.44. The third kappa shape index (κ3) is 4.63. The van der Waals surface area contributed by atoms with Crippen LogP contribution in [0.2, 0.25) is 0 Å². The summed E-state index contributed by atoms with van der Waals surface area (Å²) < 4.78 is 49.4. The average molecular weight is 505 g/mol. The van der Waals surface area contributed by atoms with Crippen LogP contribution in [-0.2, 0) is 28.9 Å². The summed E-state index contributed by atoms with van der Waals surface area (Å²) in [6.07, 6.45) is 3.02. The number of hydrogen-bond acceptors (Lipinski definition) is 4. The number of hydrogen-bond donors (Lipinski definition) is 0. The first-order valence-electron chi connectivity index (χ1n) is 12.7. The molecule has 1 aromatic carbocycles. The molecule has 1 aromatic heterocycles. The Balaban J connectivity index is 1.27. The third-order valence-corrected chi connectivity index (χ3v) is 7.54. The SMILES string of the molecule is C[C@@H]1CN(C(=O)c2nn(CC(=O)N3CCC(c4c(F)ccc(F)c4F)CC3)c3c2CCC3)C[C@H](C)O1.